The van der Waals surface area contributed by atoms with Crippen LogP contribution in [0.1, 0.15) is 20.8 Å². The number of amides is 1. The Balaban J connectivity index is 1.59. The average molecular weight is 676 g/mol. The Labute approximate surface area is 262 Å². The first-order valence-corrected chi connectivity index (χ1v) is 14.8. The highest BCUT2D eigenvalue weighted by atomic mass is 16.8. The van der Waals surface area contributed by atoms with Crippen molar-refractivity contribution in [1.82, 2.24) is 5.32 Å². The summed E-state index contributed by atoms with van der Waals surface area (Å²) in [6.45, 7) is 2.25. The Morgan fingerprint density at radius 2 is 1.04 bits per heavy atom. The van der Waals surface area contributed by atoms with E-state index in [1.54, 1.807) is 0 Å². The molecule has 4 aliphatic heterocycles. The number of aliphatic hydroxyl groups excluding tert-OH is 11. The predicted molar refractivity (Wildman–Crippen MR) is 143 cm³/mol. The van der Waals surface area contributed by atoms with E-state index in [4.69, 9.17) is 33.2 Å². The fourth-order valence-corrected chi connectivity index (χ4v) is 5.82. The lowest BCUT2D eigenvalue weighted by atomic mass is 9.94. The van der Waals surface area contributed by atoms with Gasteiger partial charge in [0.05, 0.1) is 25.4 Å². The number of ether oxygens (including phenoxy) is 7. The zero-order valence-corrected chi connectivity index (χ0v) is 25.1. The molecular weight excluding hydrogens is 630 g/mol. The number of carbonyl (C=O) groups excluding carboxylic acids is 1. The van der Waals surface area contributed by atoms with Crippen molar-refractivity contribution in [1.29, 1.82) is 0 Å². The quantitative estimate of drug-likeness (QED) is 0.108. The van der Waals surface area contributed by atoms with Gasteiger partial charge in [0.25, 0.3) is 0 Å². The van der Waals surface area contributed by atoms with Crippen LogP contribution in [0.25, 0.3) is 0 Å². The summed E-state index contributed by atoms with van der Waals surface area (Å²) in [7, 11) is 0. The molecule has 20 nitrogen and oxygen atoms in total. The van der Waals surface area contributed by atoms with Gasteiger partial charge in [0.1, 0.15) is 85.4 Å². The van der Waals surface area contributed by atoms with Crippen LogP contribution in [0.3, 0.4) is 0 Å². The summed E-state index contributed by atoms with van der Waals surface area (Å²) in [5.74, 6) is -0.711. The largest absolute Gasteiger partial charge is 0.394 e. The predicted octanol–water partition coefficient (Wildman–Crippen LogP) is -7.55. The van der Waals surface area contributed by atoms with Crippen molar-refractivity contribution < 1.29 is 94.1 Å². The topological polar surface area (TPSA) is 316 Å². The molecule has 0 bridgehead atoms. The second-order valence-corrected chi connectivity index (χ2v) is 11.8. The zero-order valence-electron chi connectivity index (χ0n) is 25.1. The van der Waals surface area contributed by atoms with Gasteiger partial charge in [-0.2, -0.15) is 0 Å². The first-order valence-electron chi connectivity index (χ1n) is 14.8. The molecule has 46 heavy (non-hydrogen) atoms. The third-order valence-electron chi connectivity index (χ3n) is 8.53. The summed E-state index contributed by atoms with van der Waals surface area (Å²) >= 11 is 0. The van der Waals surface area contributed by atoms with E-state index in [1.807, 2.05) is 0 Å². The van der Waals surface area contributed by atoms with Crippen LogP contribution in [0, 0.1) is 0 Å². The summed E-state index contributed by atoms with van der Waals surface area (Å²) in [4.78, 5) is 12.3. The van der Waals surface area contributed by atoms with Crippen molar-refractivity contribution in [2.75, 3.05) is 13.2 Å². The molecule has 0 aromatic heterocycles. The lowest BCUT2D eigenvalue weighted by Gasteiger charge is -2.50. The third kappa shape index (κ3) is 7.64. The molecule has 4 fully saturated rings. The van der Waals surface area contributed by atoms with E-state index in [0.29, 0.717) is 0 Å². The maximum atomic E-state index is 12.3. The van der Waals surface area contributed by atoms with E-state index < -0.39 is 142 Å². The summed E-state index contributed by atoms with van der Waals surface area (Å²) in [5, 5.41) is 117. The Morgan fingerprint density at radius 1 is 0.565 bits per heavy atom. The molecule has 0 spiro atoms. The molecule has 20 atom stereocenters. The maximum Gasteiger partial charge on any atom is 0.217 e. The first kappa shape index (κ1) is 37.6. The highest BCUT2D eigenvalue weighted by Gasteiger charge is 2.55. The van der Waals surface area contributed by atoms with Gasteiger partial charge in [-0.3, -0.25) is 4.79 Å². The fraction of sp³-hybridized carbons (Fsp3) is 0.962. The van der Waals surface area contributed by atoms with Gasteiger partial charge in [-0.05, 0) is 13.8 Å². The smallest absolute Gasteiger partial charge is 0.217 e. The minimum atomic E-state index is -1.91. The van der Waals surface area contributed by atoms with E-state index in [9.17, 15) is 61.0 Å². The molecule has 268 valence electrons. The highest BCUT2D eigenvalue weighted by molar-refractivity contribution is 5.73. The van der Waals surface area contributed by atoms with Crippen LogP contribution in [0.2, 0.25) is 0 Å². The van der Waals surface area contributed by atoms with E-state index in [2.05, 4.69) is 5.32 Å². The highest BCUT2D eigenvalue weighted by Crippen LogP contribution is 2.34. The van der Waals surface area contributed by atoms with E-state index >= 15 is 0 Å². The third-order valence-corrected chi connectivity index (χ3v) is 8.53. The molecule has 0 aromatic carbocycles. The van der Waals surface area contributed by atoms with Crippen LogP contribution >= 0.6 is 0 Å². The number of hydrogen-bond acceptors (Lipinski definition) is 19. The van der Waals surface area contributed by atoms with Crippen molar-refractivity contribution >= 4 is 5.91 Å². The van der Waals surface area contributed by atoms with E-state index in [0.717, 1.165) is 6.92 Å². The molecule has 0 aliphatic carbocycles. The van der Waals surface area contributed by atoms with Crippen molar-refractivity contribution in [3.8, 4) is 0 Å². The molecule has 0 aromatic rings. The second kappa shape index (κ2) is 15.5. The normalized spacial score (nSPS) is 51.9. The van der Waals surface area contributed by atoms with Gasteiger partial charge in [-0.25, -0.2) is 0 Å². The van der Waals surface area contributed by atoms with Gasteiger partial charge in [0.15, 0.2) is 25.2 Å². The molecule has 0 saturated carbocycles. The van der Waals surface area contributed by atoms with Gasteiger partial charge >= 0.3 is 0 Å². The zero-order chi connectivity index (χ0) is 34.2. The monoisotopic (exact) mass is 675 g/mol. The summed E-state index contributed by atoms with van der Waals surface area (Å²) in [6.07, 6.45) is -30.7. The van der Waals surface area contributed by atoms with Crippen LogP contribution in [0.4, 0.5) is 0 Å². The van der Waals surface area contributed by atoms with Crippen LogP contribution < -0.4 is 5.32 Å². The Morgan fingerprint density at radius 3 is 1.63 bits per heavy atom. The molecule has 1 unspecified atom stereocenters. The van der Waals surface area contributed by atoms with Crippen molar-refractivity contribution in [3.05, 3.63) is 0 Å². The lowest BCUT2D eigenvalue weighted by Crippen LogP contribution is -2.70. The standard InChI is InChI=1S/C26H45NO19/c1-6-12(31)21(18(37)23(39)40-6)46-26-19(38)22(13(32)7(2)41-26)45-24-11(27-8(3)30)20(15(34)10(5-29)42-24)44-25-17(36)16(35)14(33)9(4-28)43-25/h6-7,9-26,28-29,31-39H,4-5H2,1-3H3,(H,27,30)/t6-,7-,9+,10+,11+,12-,13-,14-,15+,16-,17+,18+,19+,20+,21+,22+,23?,24+,25+,26-/m0/s1. The Bertz CT molecular complexity index is 981. The van der Waals surface area contributed by atoms with Crippen LogP contribution in [0.5, 0.6) is 0 Å². The summed E-state index contributed by atoms with van der Waals surface area (Å²) < 4.78 is 39.0. The van der Waals surface area contributed by atoms with Gasteiger partial charge in [0, 0.05) is 6.92 Å². The molecule has 4 saturated heterocycles. The minimum absolute atomic E-state index is 0.711. The number of nitrogens with one attached hydrogen (secondary N) is 1. The van der Waals surface area contributed by atoms with Gasteiger partial charge in [0.2, 0.25) is 5.91 Å². The van der Waals surface area contributed by atoms with Gasteiger partial charge in [-0.1, -0.05) is 0 Å². The van der Waals surface area contributed by atoms with Gasteiger partial charge in [-0.15, -0.1) is 0 Å². The molecule has 4 heterocycles. The molecular formula is C26H45NO19. The van der Waals surface area contributed by atoms with Crippen molar-refractivity contribution in [2.24, 2.45) is 0 Å². The van der Waals surface area contributed by atoms with Gasteiger partial charge < -0.3 is 94.6 Å². The molecule has 0 radical (unpaired) electrons. The average Bonchev–Trinajstić information content (AvgIpc) is 3.01. The van der Waals surface area contributed by atoms with Crippen molar-refractivity contribution in [2.45, 2.75) is 144 Å². The summed E-state index contributed by atoms with van der Waals surface area (Å²) in [6, 6.07) is -1.52. The van der Waals surface area contributed by atoms with Crippen LogP contribution in [-0.4, -0.2) is 198 Å². The maximum absolute atomic E-state index is 12.3. The van der Waals surface area contributed by atoms with Crippen LogP contribution in [0.15, 0.2) is 0 Å². The Hall–Kier alpha value is -1.25. The second-order valence-electron chi connectivity index (χ2n) is 11.8. The number of hydrogen-bond donors (Lipinski definition) is 12. The van der Waals surface area contributed by atoms with Crippen LogP contribution in [-0.2, 0) is 38.0 Å². The fourth-order valence-electron chi connectivity index (χ4n) is 5.82. The van der Waals surface area contributed by atoms with Crippen molar-refractivity contribution in [3.63, 3.8) is 0 Å². The number of carbonyl (C=O) groups is 1. The SMILES string of the molecule is CC(=O)N[C@H]1[C@@H](O[C@@H]2[C@@H](O)[C@H](C)O[C@@H](O[C@@H]3[C@@H](O)[C@H](C)OC(O)[C@@H]3O)[C@@H]2O)O[C@H](CO)[C@@H](O)[C@@H]1O[C@H]1O[C@H](CO)[C@H](O)[C@H](O)[C@H]1O. The van der Waals surface area contributed by atoms with E-state index in [-0.39, 0.29) is 0 Å². The molecule has 1 amide bonds. The molecule has 4 rings (SSSR count). The number of rotatable bonds is 9. The molecule has 4 aliphatic rings. The summed E-state index contributed by atoms with van der Waals surface area (Å²) in [5.41, 5.74) is 0. The lowest BCUT2D eigenvalue weighted by molar-refractivity contribution is -0.376. The molecule has 12 N–H and O–H groups in total. The van der Waals surface area contributed by atoms with E-state index in [1.165, 1.54) is 13.8 Å². The first-order chi connectivity index (χ1) is 21.6. The number of aliphatic hydroxyl groups is 11. The minimum Gasteiger partial charge on any atom is -0.394 e. The Kier molecular flexibility index (Phi) is 12.7. The molecule has 20 heteroatoms.